The van der Waals surface area contributed by atoms with Gasteiger partial charge in [0.15, 0.2) is 0 Å². The van der Waals surface area contributed by atoms with E-state index in [-0.39, 0.29) is 24.8 Å². The van der Waals surface area contributed by atoms with Gasteiger partial charge in [0.2, 0.25) is 5.91 Å². The Hall–Kier alpha value is -1.85. The van der Waals surface area contributed by atoms with Crippen LogP contribution < -0.4 is 0 Å². The number of aryl methyl sites for hydroxylation is 2. The van der Waals surface area contributed by atoms with E-state index >= 15 is 0 Å². The number of H-pyrrole nitrogens is 1. The predicted octanol–water partition coefficient (Wildman–Crippen LogP) is 0.891. The second-order valence-electron chi connectivity index (χ2n) is 4.54. The topological polar surface area (TPSA) is 86.3 Å². The lowest BCUT2D eigenvalue weighted by atomic mass is 10.1. The Labute approximate surface area is 106 Å². The van der Waals surface area contributed by atoms with Crippen molar-refractivity contribution in [3.63, 3.8) is 0 Å². The summed E-state index contributed by atoms with van der Waals surface area (Å²) in [6, 6.07) is -0.317. The summed E-state index contributed by atoms with van der Waals surface area (Å²) in [5.74, 6) is -1.01. The average molecular weight is 253 g/mol. The normalized spacial score (nSPS) is 12.2. The maximum absolute atomic E-state index is 12.0. The zero-order chi connectivity index (χ0) is 13.9. The summed E-state index contributed by atoms with van der Waals surface area (Å²) in [4.78, 5) is 24.1. The first-order chi connectivity index (χ1) is 8.32. The number of hydrogen-bond donors (Lipinski definition) is 2. The number of rotatable bonds is 5. The molecular formula is C12H19N3O3. The Bertz CT molecular complexity index is 434. The molecule has 0 aromatic carbocycles. The highest BCUT2D eigenvalue weighted by Gasteiger charge is 2.20. The van der Waals surface area contributed by atoms with Gasteiger partial charge in [0.05, 0.1) is 18.5 Å². The summed E-state index contributed by atoms with van der Waals surface area (Å²) in [6.45, 7) is 5.43. The molecule has 1 atom stereocenters. The summed E-state index contributed by atoms with van der Waals surface area (Å²) in [5, 5.41) is 15.6. The van der Waals surface area contributed by atoms with E-state index in [0.29, 0.717) is 0 Å². The number of nitrogens with one attached hydrogen (secondary N) is 1. The fourth-order valence-electron chi connectivity index (χ4n) is 1.75. The minimum atomic E-state index is -0.905. The average Bonchev–Trinajstić information content (AvgIpc) is 2.58. The standard InChI is InChI=1S/C12H19N3O3/c1-7(5-12(17)18)15(4)11(16)6-10-8(2)13-14-9(10)3/h7H,5-6H2,1-4H3,(H,13,14)(H,17,18). The minimum absolute atomic E-state index is 0.0500. The van der Waals surface area contributed by atoms with Crippen molar-refractivity contribution >= 4 is 11.9 Å². The van der Waals surface area contributed by atoms with Crippen LogP contribution in [-0.4, -0.2) is 45.2 Å². The number of aliphatic carboxylic acids is 1. The van der Waals surface area contributed by atoms with E-state index in [1.54, 1.807) is 14.0 Å². The number of carboxylic acid groups (broad SMARTS) is 1. The van der Waals surface area contributed by atoms with Crippen molar-refractivity contribution in [1.82, 2.24) is 15.1 Å². The molecule has 0 aliphatic heterocycles. The molecule has 0 fully saturated rings. The molecule has 0 bridgehead atoms. The van der Waals surface area contributed by atoms with E-state index in [1.807, 2.05) is 13.8 Å². The number of likely N-dealkylation sites (N-methyl/N-ethyl adjacent to an activating group) is 1. The first-order valence-electron chi connectivity index (χ1n) is 5.80. The molecule has 6 heteroatoms. The maximum Gasteiger partial charge on any atom is 0.305 e. The van der Waals surface area contributed by atoms with Crippen molar-refractivity contribution in [2.45, 2.75) is 39.7 Å². The predicted molar refractivity (Wildman–Crippen MR) is 66.3 cm³/mol. The van der Waals surface area contributed by atoms with Crippen LogP contribution in [0.5, 0.6) is 0 Å². The van der Waals surface area contributed by atoms with Gasteiger partial charge in [0.25, 0.3) is 0 Å². The van der Waals surface area contributed by atoms with Gasteiger partial charge >= 0.3 is 5.97 Å². The molecule has 0 saturated heterocycles. The smallest absolute Gasteiger partial charge is 0.305 e. The number of aromatic amines is 1. The van der Waals surface area contributed by atoms with Crippen molar-refractivity contribution in [1.29, 1.82) is 0 Å². The summed E-state index contributed by atoms with van der Waals surface area (Å²) in [6.07, 6.45) is 0.195. The van der Waals surface area contributed by atoms with E-state index in [4.69, 9.17) is 5.11 Å². The Morgan fingerprint density at radius 2 is 2.06 bits per heavy atom. The molecule has 1 heterocycles. The van der Waals surface area contributed by atoms with Gasteiger partial charge in [-0.1, -0.05) is 0 Å². The molecule has 1 aromatic heterocycles. The van der Waals surface area contributed by atoms with Crippen molar-refractivity contribution in [3.8, 4) is 0 Å². The van der Waals surface area contributed by atoms with Crippen LogP contribution in [0.25, 0.3) is 0 Å². The molecule has 0 saturated carbocycles. The third-order valence-corrected chi connectivity index (χ3v) is 3.13. The number of amides is 1. The number of carbonyl (C=O) groups is 2. The van der Waals surface area contributed by atoms with Gasteiger partial charge < -0.3 is 10.0 Å². The lowest BCUT2D eigenvalue weighted by Gasteiger charge is -2.23. The van der Waals surface area contributed by atoms with Gasteiger partial charge in [-0.3, -0.25) is 14.7 Å². The van der Waals surface area contributed by atoms with Crippen molar-refractivity contribution < 1.29 is 14.7 Å². The first kappa shape index (κ1) is 14.2. The molecule has 100 valence electrons. The van der Waals surface area contributed by atoms with Gasteiger partial charge in [0.1, 0.15) is 0 Å². The van der Waals surface area contributed by atoms with Crippen LogP contribution in [0.4, 0.5) is 0 Å². The van der Waals surface area contributed by atoms with Crippen LogP contribution in [0.2, 0.25) is 0 Å². The molecule has 1 unspecified atom stereocenters. The lowest BCUT2D eigenvalue weighted by Crippen LogP contribution is -2.37. The van der Waals surface area contributed by atoms with Crippen LogP contribution in [0.15, 0.2) is 0 Å². The third kappa shape index (κ3) is 3.32. The first-order valence-corrected chi connectivity index (χ1v) is 5.80. The Morgan fingerprint density at radius 1 is 1.44 bits per heavy atom. The number of carbonyl (C=O) groups excluding carboxylic acids is 1. The Morgan fingerprint density at radius 3 is 2.50 bits per heavy atom. The van der Waals surface area contributed by atoms with Crippen LogP contribution in [0.1, 0.15) is 30.3 Å². The van der Waals surface area contributed by atoms with Crippen LogP contribution in [-0.2, 0) is 16.0 Å². The quantitative estimate of drug-likeness (QED) is 0.816. The van der Waals surface area contributed by atoms with Crippen LogP contribution in [0, 0.1) is 13.8 Å². The molecule has 1 amide bonds. The minimum Gasteiger partial charge on any atom is -0.481 e. The molecule has 6 nitrogen and oxygen atoms in total. The molecule has 1 aromatic rings. The molecule has 1 rings (SSSR count). The van der Waals surface area contributed by atoms with Crippen molar-refractivity contribution in [2.75, 3.05) is 7.05 Å². The largest absolute Gasteiger partial charge is 0.481 e. The van der Waals surface area contributed by atoms with Gasteiger partial charge in [-0.15, -0.1) is 0 Å². The van der Waals surface area contributed by atoms with E-state index < -0.39 is 5.97 Å². The van der Waals surface area contributed by atoms with Gasteiger partial charge in [-0.05, 0) is 20.8 Å². The van der Waals surface area contributed by atoms with Gasteiger partial charge in [-0.2, -0.15) is 5.10 Å². The second-order valence-corrected chi connectivity index (χ2v) is 4.54. The number of nitrogens with zero attached hydrogens (tertiary/aromatic N) is 2. The summed E-state index contributed by atoms with van der Waals surface area (Å²) >= 11 is 0. The van der Waals surface area contributed by atoms with Crippen LogP contribution >= 0.6 is 0 Å². The number of hydrogen-bond acceptors (Lipinski definition) is 3. The lowest BCUT2D eigenvalue weighted by molar-refractivity contribution is -0.139. The molecule has 0 radical (unpaired) electrons. The second kappa shape index (κ2) is 5.66. The zero-order valence-corrected chi connectivity index (χ0v) is 11.1. The van der Waals surface area contributed by atoms with E-state index in [9.17, 15) is 9.59 Å². The molecule has 0 aliphatic rings. The molecule has 0 aliphatic carbocycles. The fraction of sp³-hybridized carbons (Fsp3) is 0.583. The SMILES string of the molecule is Cc1n[nH]c(C)c1CC(=O)N(C)C(C)CC(=O)O. The van der Waals surface area contributed by atoms with E-state index in [2.05, 4.69) is 10.2 Å². The van der Waals surface area contributed by atoms with Crippen LogP contribution in [0.3, 0.4) is 0 Å². The Balaban J connectivity index is 2.68. The highest BCUT2D eigenvalue weighted by atomic mass is 16.4. The highest BCUT2D eigenvalue weighted by Crippen LogP contribution is 2.12. The number of aromatic nitrogens is 2. The zero-order valence-electron chi connectivity index (χ0n) is 11.1. The number of carboxylic acids is 1. The molecule has 0 spiro atoms. The summed E-state index contributed by atoms with van der Waals surface area (Å²) in [7, 11) is 1.63. The Kier molecular flexibility index (Phi) is 4.47. The summed E-state index contributed by atoms with van der Waals surface area (Å²) in [5.41, 5.74) is 2.56. The van der Waals surface area contributed by atoms with Crippen molar-refractivity contribution in [3.05, 3.63) is 17.0 Å². The summed E-state index contributed by atoms with van der Waals surface area (Å²) < 4.78 is 0. The molecular weight excluding hydrogens is 234 g/mol. The van der Waals surface area contributed by atoms with E-state index in [0.717, 1.165) is 17.0 Å². The van der Waals surface area contributed by atoms with Crippen molar-refractivity contribution in [2.24, 2.45) is 0 Å². The third-order valence-electron chi connectivity index (χ3n) is 3.13. The van der Waals surface area contributed by atoms with Gasteiger partial charge in [0, 0.05) is 24.3 Å². The fourth-order valence-corrected chi connectivity index (χ4v) is 1.75. The maximum atomic E-state index is 12.0. The van der Waals surface area contributed by atoms with E-state index in [1.165, 1.54) is 4.90 Å². The molecule has 18 heavy (non-hydrogen) atoms. The van der Waals surface area contributed by atoms with Gasteiger partial charge in [-0.25, -0.2) is 0 Å². The monoisotopic (exact) mass is 253 g/mol. The highest BCUT2D eigenvalue weighted by molar-refractivity contribution is 5.80. The molecule has 2 N–H and O–H groups in total.